The smallest absolute Gasteiger partial charge is 0.184 e. The predicted molar refractivity (Wildman–Crippen MR) is 62.9 cm³/mol. The Hall–Kier alpha value is -0.850. The molecule has 2 rings (SSSR count). The second-order valence-corrected chi connectivity index (χ2v) is 5.16. The van der Waals surface area contributed by atoms with Crippen LogP contribution in [0.3, 0.4) is 0 Å². The summed E-state index contributed by atoms with van der Waals surface area (Å²) in [6.45, 7) is 2.01. The molecule has 0 amide bonds. The molecule has 2 atom stereocenters. The van der Waals surface area contributed by atoms with E-state index in [1.807, 2.05) is 6.92 Å². The first-order chi connectivity index (χ1) is 7.27. The molecule has 2 aromatic rings. The summed E-state index contributed by atoms with van der Waals surface area (Å²) in [5, 5.41) is 11.9. The van der Waals surface area contributed by atoms with Crippen molar-refractivity contribution < 1.29 is 0 Å². The van der Waals surface area contributed by atoms with Crippen molar-refractivity contribution in [1.29, 1.82) is 0 Å². The van der Waals surface area contributed by atoms with Gasteiger partial charge in [-0.3, -0.25) is 5.10 Å². The van der Waals surface area contributed by atoms with E-state index in [4.69, 9.17) is 5.73 Å². The third-order valence-corrected chi connectivity index (χ3v) is 4.06. The van der Waals surface area contributed by atoms with Gasteiger partial charge in [-0.25, -0.2) is 4.98 Å². The maximum absolute atomic E-state index is 5.97. The molecule has 0 saturated carbocycles. The van der Waals surface area contributed by atoms with Crippen molar-refractivity contribution in [3.8, 4) is 0 Å². The van der Waals surface area contributed by atoms with Gasteiger partial charge in [0.1, 0.15) is 6.33 Å². The number of H-pyrrole nitrogens is 1. The molecule has 80 valence electrons. The van der Waals surface area contributed by atoms with Crippen LogP contribution >= 0.6 is 23.1 Å². The van der Waals surface area contributed by atoms with Gasteiger partial charge in [-0.2, -0.15) is 16.4 Å². The molecular weight excluding hydrogens is 228 g/mol. The van der Waals surface area contributed by atoms with Crippen LogP contribution in [0.25, 0.3) is 0 Å². The van der Waals surface area contributed by atoms with E-state index in [1.54, 1.807) is 23.1 Å². The van der Waals surface area contributed by atoms with Gasteiger partial charge in [-0.15, -0.1) is 0 Å². The minimum Gasteiger partial charge on any atom is -0.327 e. The summed E-state index contributed by atoms with van der Waals surface area (Å²) < 4.78 is 0. The van der Waals surface area contributed by atoms with E-state index >= 15 is 0 Å². The molecule has 0 bridgehead atoms. The fourth-order valence-corrected chi connectivity index (χ4v) is 3.02. The number of nitrogens with one attached hydrogen (secondary N) is 1. The number of hydrogen-bond acceptors (Lipinski definition) is 5. The molecule has 0 fully saturated rings. The fraction of sp³-hybridized carbons (Fsp3) is 0.333. The van der Waals surface area contributed by atoms with E-state index in [0.717, 1.165) is 5.16 Å². The number of rotatable bonds is 4. The van der Waals surface area contributed by atoms with E-state index in [0.29, 0.717) is 0 Å². The van der Waals surface area contributed by atoms with Crippen molar-refractivity contribution in [2.24, 2.45) is 5.73 Å². The van der Waals surface area contributed by atoms with Gasteiger partial charge in [0.15, 0.2) is 5.16 Å². The van der Waals surface area contributed by atoms with Crippen LogP contribution in [0.2, 0.25) is 0 Å². The van der Waals surface area contributed by atoms with E-state index < -0.39 is 0 Å². The zero-order valence-corrected chi connectivity index (χ0v) is 9.89. The third-order valence-electron chi connectivity index (χ3n) is 1.98. The zero-order chi connectivity index (χ0) is 10.7. The lowest BCUT2D eigenvalue weighted by Crippen LogP contribution is -2.22. The summed E-state index contributed by atoms with van der Waals surface area (Å²) in [5.74, 6) is 0. The van der Waals surface area contributed by atoms with Crippen molar-refractivity contribution >= 4 is 23.1 Å². The number of thioether (sulfide) groups is 1. The van der Waals surface area contributed by atoms with Crippen molar-refractivity contribution in [3.05, 3.63) is 28.7 Å². The second kappa shape index (κ2) is 4.78. The lowest BCUT2D eigenvalue weighted by atomic mass is 10.1. The SMILES string of the molecule is CC(N)C(Sc1ncn[nH]1)c1ccsc1. The van der Waals surface area contributed by atoms with Gasteiger partial charge < -0.3 is 5.73 Å². The summed E-state index contributed by atoms with van der Waals surface area (Å²) in [7, 11) is 0. The van der Waals surface area contributed by atoms with Crippen molar-refractivity contribution in [1.82, 2.24) is 15.2 Å². The molecule has 4 nitrogen and oxygen atoms in total. The fourth-order valence-electron chi connectivity index (χ4n) is 1.29. The third kappa shape index (κ3) is 2.58. The first kappa shape index (κ1) is 10.7. The predicted octanol–water partition coefficient (Wildman–Crippen LogP) is 2.05. The van der Waals surface area contributed by atoms with Gasteiger partial charge >= 0.3 is 0 Å². The Labute approximate surface area is 96.3 Å². The number of hydrogen-bond donors (Lipinski definition) is 2. The molecule has 2 aromatic heterocycles. The number of nitrogens with two attached hydrogens (primary N) is 1. The molecule has 0 saturated heterocycles. The van der Waals surface area contributed by atoms with Crippen LogP contribution in [0.4, 0.5) is 0 Å². The lowest BCUT2D eigenvalue weighted by molar-refractivity contribution is 0.720. The summed E-state index contributed by atoms with van der Waals surface area (Å²) in [5.41, 5.74) is 7.21. The van der Waals surface area contributed by atoms with Gasteiger partial charge in [0, 0.05) is 6.04 Å². The quantitative estimate of drug-likeness (QED) is 0.803. The topological polar surface area (TPSA) is 67.6 Å². The van der Waals surface area contributed by atoms with Crippen LogP contribution in [-0.4, -0.2) is 21.2 Å². The highest BCUT2D eigenvalue weighted by atomic mass is 32.2. The summed E-state index contributed by atoms with van der Waals surface area (Å²) in [6.07, 6.45) is 1.51. The van der Waals surface area contributed by atoms with Crippen LogP contribution < -0.4 is 5.73 Å². The highest BCUT2D eigenvalue weighted by Crippen LogP contribution is 2.35. The Balaban J connectivity index is 2.14. The average Bonchev–Trinajstić information content (AvgIpc) is 2.87. The van der Waals surface area contributed by atoms with Gasteiger partial charge in [0.05, 0.1) is 5.25 Å². The van der Waals surface area contributed by atoms with Crippen molar-refractivity contribution in [2.45, 2.75) is 23.4 Å². The summed E-state index contributed by atoms with van der Waals surface area (Å²) in [4.78, 5) is 4.09. The minimum atomic E-state index is 0.0784. The van der Waals surface area contributed by atoms with Crippen LogP contribution in [0, 0.1) is 0 Å². The molecule has 0 aliphatic heterocycles. The maximum atomic E-state index is 5.97. The number of nitrogens with zero attached hydrogens (tertiary/aromatic N) is 2. The van der Waals surface area contributed by atoms with Gasteiger partial charge in [-0.05, 0) is 29.3 Å². The van der Waals surface area contributed by atoms with Crippen molar-refractivity contribution in [2.75, 3.05) is 0 Å². The molecule has 2 heterocycles. The molecule has 15 heavy (non-hydrogen) atoms. The Kier molecular flexibility index (Phi) is 3.40. The molecule has 0 radical (unpaired) electrons. The average molecular weight is 240 g/mol. The van der Waals surface area contributed by atoms with Gasteiger partial charge in [0.25, 0.3) is 0 Å². The van der Waals surface area contributed by atoms with E-state index in [1.165, 1.54) is 11.9 Å². The highest BCUT2D eigenvalue weighted by Gasteiger charge is 2.19. The Morgan fingerprint density at radius 1 is 1.60 bits per heavy atom. The first-order valence-corrected chi connectivity index (χ1v) is 6.39. The number of thiophene rings is 1. The monoisotopic (exact) mass is 240 g/mol. The largest absolute Gasteiger partial charge is 0.327 e. The van der Waals surface area contributed by atoms with Crippen LogP contribution in [-0.2, 0) is 0 Å². The lowest BCUT2D eigenvalue weighted by Gasteiger charge is -2.17. The highest BCUT2D eigenvalue weighted by molar-refractivity contribution is 7.99. The molecule has 6 heteroatoms. The standard InChI is InChI=1S/C9H12N4S2/c1-6(10)8(7-2-3-14-4-7)15-9-11-5-12-13-9/h2-6,8H,10H2,1H3,(H,11,12,13). The molecule has 2 unspecified atom stereocenters. The number of aromatic nitrogens is 3. The van der Waals surface area contributed by atoms with E-state index in [-0.39, 0.29) is 11.3 Å². The molecule has 0 aliphatic rings. The van der Waals surface area contributed by atoms with E-state index in [2.05, 4.69) is 32.0 Å². The Morgan fingerprint density at radius 2 is 2.47 bits per heavy atom. The Bertz CT molecular complexity index is 382. The Morgan fingerprint density at radius 3 is 3.00 bits per heavy atom. The number of aromatic amines is 1. The van der Waals surface area contributed by atoms with Crippen molar-refractivity contribution in [3.63, 3.8) is 0 Å². The molecule has 0 aliphatic carbocycles. The van der Waals surface area contributed by atoms with Crippen LogP contribution in [0.15, 0.2) is 28.3 Å². The maximum Gasteiger partial charge on any atom is 0.184 e. The minimum absolute atomic E-state index is 0.0784. The zero-order valence-electron chi connectivity index (χ0n) is 8.25. The molecule has 0 aromatic carbocycles. The first-order valence-electron chi connectivity index (χ1n) is 4.57. The molecular formula is C9H12N4S2. The summed E-state index contributed by atoms with van der Waals surface area (Å²) >= 11 is 3.30. The molecule has 3 N–H and O–H groups in total. The van der Waals surface area contributed by atoms with Crippen LogP contribution in [0.1, 0.15) is 17.7 Å². The van der Waals surface area contributed by atoms with Gasteiger partial charge in [-0.1, -0.05) is 11.8 Å². The van der Waals surface area contributed by atoms with Crippen LogP contribution in [0.5, 0.6) is 0 Å². The molecule has 0 spiro atoms. The second-order valence-electron chi connectivity index (χ2n) is 3.24. The van der Waals surface area contributed by atoms with E-state index in [9.17, 15) is 0 Å². The summed E-state index contributed by atoms with van der Waals surface area (Å²) in [6, 6.07) is 2.18. The normalized spacial score (nSPS) is 15.1. The van der Waals surface area contributed by atoms with Gasteiger partial charge in [0.2, 0.25) is 0 Å².